The van der Waals surface area contributed by atoms with Gasteiger partial charge >= 0.3 is 6.09 Å². The molecule has 0 radical (unpaired) electrons. The average Bonchev–Trinajstić information content (AvgIpc) is 3.23. The first-order chi connectivity index (χ1) is 13.7. The predicted octanol–water partition coefficient (Wildman–Crippen LogP) is 3.70. The van der Waals surface area contributed by atoms with Crippen molar-refractivity contribution in [2.45, 2.75) is 12.1 Å². The van der Waals surface area contributed by atoms with Crippen LogP contribution in [0.25, 0.3) is 5.70 Å². The van der Waals surface area contributed by atoms with Crippen LogP contribution in [0.3, 0.4) is 0 Å². The summed E-state index contributed by atoms with van der Waals surface area (Å²) in [5.41, 5.74) is 2.42. The first kappa shape index (κ1) is 18.8. The Morgan fingerprint density at radius 3 is 2.54 bits per heavy atom. The zero-order chi connectivity index (χ0) is 19.3. The molecule has 0 aromatic heterocycles. The number of carbonyl (C=O) groups is 1. The molecule has 0 saturated carbocycles. The Morgan fingerprint density at radius 2 is 1.79 bits per heavy atom. The van der Waals surface area contributed by atoms with Gasteiger partial charge in [-0.1, -0.05) is 54.2 Å². The van der Waals surface area contributed by atoms with Gasteiger partial charge in [0.25, 0.3) is 0 Å². The Kier molecular flexibility index (Phi) is 5.83. The zero-order valence-electron chi connectivity index (χ0n) is 15.4. The summed E-state index contributed by atoms with van der Waals surface area (Å²) in [5, 5.41) is 5.35. The number of rotatable bonds is 4. The summed E-state index contributed by atoms with van der Waals surface area (Å²) < 4.78 is 19.4. The molecule has 28 heavy (non-hydrogen) atoms. The fourth-order valence-corrected chi connectivity index (χ4v) is 4.32. The maximum atomic E-state index is 14.0. The minimum Gasteiger partial charge on any atom is -0.445 e. The number of carbonyl (C=O) groups excluding carboxylic acids is 1. The number of benzene rings is 2. The Labute approximate surface area is 168 Å². The fraction of sp³-hybridized carbons (Fsp3) is 0.286. The van der Waals surface area contributed by atoms with Crippen molar-refractivity contribution in [3.05, 3.63) is 76.9 Å². The van der Waals surface area contributed by atoms with Gasteiger partial charge in [-0.05, 0) is 23.1 Å². The normalized spacial score (nSPS) is 19.8. The van der Waals surface area contributed by atoms with Crippen LogP contribution in [0.2, 0.25) is 0 Å². The molecular weight excluding hydrogens is 377 g/mol. The zero-order valence-corrected chi connectivity index (χ0v) is 16.2. The maximum absolute atomic E-state index is 14.0. The molecule has 4 rings (SSSR count). The van der Waals surface area contributed by atoms with Crippen LogP contribution in [-0.2, 0) is 11.3 Å². The molecule has 1 fully saturated rings. The number of piperazine rings is 1. The lowest BCUT2D eigenvalue weighted by Gasteiger charge is -2.37. The minimum absolute atomic E-state index is 0.0529. The number of ether oxygens (including phenoxy) is 1. The summed E-state index contributed by atoms with van der Waals surface area (Å²) in [5.74, 6) is -0.228. The molecule has 0 aliphatic carbocycles. The lowest BCUT2D eigenvalue weighted by Crippen LogP contribution is -2.53. The molecule has 0 spiro atoms. The standard InChI is InChI=1S/C21H22FN3O2S/c22-18-9-5-4-8-17(18)19-15-28-20(23-19)24-10-12-25(13-11-24)21(26)27-14-16-6-2-1-3-7-16/h1-9,15,20,23H,10-14H2. The van der Waals surface area contributed by atoms with Crippen LogP contribution in [0.5, 0.6) is 0 Å². The first-order valence-electron chi connectivity index (χ1n) is 9.27. The van der Waals surface area contributed by atoms with Gasteiger partial charge in [-0.2, -0.15) is 0 Å². The average molecular weight is 399 g/mol. The topological polar surface area (TPSA) is 44.8 Å². The smallest absolute Gasteiger partial charge is 0.410 e. The van der Waals surface area contributed by atoms with Crippen LogP contribution >= 0.6 is 11.8 Å². The second kappa shape index (κ2) is 8.67. The van der Waals surface area contributed by atoms with E-state index in [0.717, 1.165) is 24.4 Å². The van der Waals surface area contributed by atoms with Gasteiger partial charge in [-0.25, -0.2) is 9.18 Å². The molecule has 2 aliphatic heterocycles. The van der Waals surface area contributed by atoms with Crippen LogP contribution in [0.1, 0.15) is 11.1 Å². The second-order valence-corrected chi connectivity index (χ2v) is 7.66. The number of hydrogen-bond acceptors (Lipinski definition) is 5. The van der Waals surface area contributed by atoms with Crippen LogP contribution in [0.15, 0.2) is 60.0 Å². The molecule has 5 nitrogen and oxygen atoms in total. The predicted molar refractivity (Wildman–Crippen MR) is 109 cm³/mol. The van der Waals surface area contributed by atoms with E-state index in [-0.39, 0.29) is 24.0 Å². The number of hydrogen-bond donors (Lipinski definition) is 1. The lowest BCUT2D eigenvalue weighted by molar-refractivity contribution is 0.0680. The largest absolute Gasteiger partial charge is 0.445 e. The van der Waals surface area contributed by atoms with Crippen LogP contribution < -0.4 is 5.32 Å². The molecule has 2 heterocycles. The number of halogens is 1. The van der Waals surface area contributed by atoms with E-state index in [9.17, 15) is 9.18 Å². The van der Waals surface area contributed by atoms with Gasteiger partial charge in [0.2, 0.25) is 0 Å². The third kappa shape index (κ3) is 4.31. The first-order valence-corrected chi connectivity index (χ1v) is 10.2. The molecule has 7 heteroatoms. The minimum atomic E-state index is -0.277. The van der Waals surface area contributed by atoms with Crippen molar-refractivity contribution in [3.8, 4) is 0 Å². The summed E-state index contributed by atoms with van der Waals surface area (Å²) in [7, 11) is 0. The van der Waals surface area contributed by atoms with Gasteiger partial charge in [0.05, 0.1) is 5.70 Å². The van der Waals surface area contributed by atoms with E-state index in [1.807, 2.05) is 41.8 Å². The number of nitrogens with zero attached hydrogens (tertiary/aromatic N) is 2. The molecule has 1 unspecified atom stereocenters. The van der Waals surface area contributed by atoms with E-state index in [4.69, 9.17) is 4.74 Å². The second-order valence-electron chi connectivity index (χ2n) is 6.71. The Bertz CT molecular complexity index is 854. The van der Waals surface area contributed by atoms with Gasteiger partial charge in [0.15, 0.2) is 0 Å². The van der Waals surface area contributed by atoms with Crippen molar-refractivity contribution in [3.63, 3.8) is 0 Å². The van der Waals surface area contributed by atoms with E-state index >= 15 is 0 Å². The summed E-state index contributed by atoms with van der Waals surface area (Å²) in [6.07, 6.45) is -0.277. The van der Waals surface area contributed by atoms with E-state index in [1.54, 1.807) is 28.8 Å². The highest BCUT2D eigenvalue weighted by Gasteiger charge is 2.30. The van der Waals surface area contributed by atoms with Gasteiger partial charge < -0.3 is 15.0 Å². The number of amides is 1. The van der Waals surface area contributed by atoms with Crippen molar-refractivity contribution in [2.75, 3.05) is 26.2 Å². The van der Waals surface area contributed by atoms with Crippen molar-refractivity contribution >= 4 is 23.6 Å². The van der Waals surface area contributed by atoms with Crippen molar-refractivity contribution in [1.29, 1.82) is 0 Å². The highest BCUT2D eigenvalue weighted by molar-refractivity contribution is 8.03. The number of thioether (sulfide) groups is 1. The van der Waals surface area contributed by atoms with Crippen LogP contribution in [-0.4, -0.2) is 47.6 Å². The molecule has 1 amide bonds. The molecule has 2 aromatic carbocycles. The quantitative estimate of drug-likeness (QED) is 0.849. The summed E-state index contributed by atoms with van der Waals surface area (Å²) in [6.45, 7) is 2.99. The van der Waals surface area contributed by atoms with Crippen molar-refractivity contribution < 1.29 is 13.9 Å². The Morgan fingerprint density at radius 1 is 1.07 bits per heavy atom. The molecule has 0 bridgehead atoms. The lowest BCUT2D eigenvalue weighted by atomic mass is 10.1. The highest BCUT2D eigenvalue weighted by atomic mass is 32.2. The van der Waals surface area contributed by atoms with Gasteiger partial charge in [0, 0.05) is 31.7 Å². The summed E-state index contributed by atoms with van der Waals surface area (Å²) in [6, 6.07) is 16.4. The summed E-state index contributed by atoms with van der Waals surface area (Å²) in [4.78, 5) is 16.3. The molecule has 2 aromatic rings. The third-order valence-electron chi connectivity index (χ3n) is 4.87. The molecule has 2 aliphatic rings. The molecule has 1 atom stereocenters. The summed E-state index contributed by atoms with van der Waals surface area (Å²) >= 11 is 1.63. The van der Waals surface area contributed by atoms with Gasteiger partial charge in [-0.3, -0.25) is 4.90 Å². The monoisotopic (exact) mass is 399 g/mol. The van der Waals surface area contributed by atoms with Gasteiger partial charge in [0.1, 0.15) is 17.9 Å². The van der Waals surface area contributed by atoms with Crippen molar-refractivity contribution in [1.82, 2.24) is 15.1 Å². The van der Waals surface area contributed by atoms with E-state index in [0.29, 0.717) is 18.7 Å². The van der Waals surface area contributed by atoms with Crippen LogP contribution in [0, 0.1) is 5.82 Å². The van der Waals surface area contributed by atoms with E-state index in [1.165, 1.54) is 6.07 Å². The van der Waals surface area contributed by atoms with Crippen molar-refractivity contribution in [2.24, 2.45) is 0 Å². The Balaban J connectivity index is 1.25. The molecule has 1 saturated heterocycles. The maximum Gasteiger partial charge on any atom is 0.410 e. The van der Waals surface area contributed by atoms with E-state index in [2.05, 4.69) is 10.2 Å². The molecule has 146 valence electrons. The molecular formula is C21H22FN3O2S. The SMILES string of the molecule is O=C(OCc1ccccc1)N1CCN(C2NC(c3ccccc3F)=CS2)CC1. The fourth-order valence-electron chi connectivity index (χ4n) is 3.28. The third-order valence-corrected chi connectivity index (χ3v) is 5.91. The molecule has 1 N–H and O–H groups in total. The van der Waals surface area contributed by atoms with E-state index < -0.39 is 0 Å². The number of nitrogens with one attached hydrogen (secondary N) is 1. The van der Waals surface area contributed by atoms with Crippen LogP contribution in [0.4, 0.5) is 9.18 Å². The Hall–Kier alpha value is -2.51. The highest BCUT2D eigenvalue weighted by Crippen LogP contribution is 2.30. The van der Waals surface area contributed by atoms with Gasteiger partial charge in [-0.15, -0.1) is 0 Å².